The van der Waals surface area contributed by atoms with Crippen molar-refractivity contribution >= 4 is 22.2 Å². The first-order valence-electron chi connectivity index (χ1n) is 5.94. The average molecular weight is 346 g/mol. The van der Waals surface area contributed by atoms with Gasteiger partial charge in [0.2, 0.25) is 5.09 Å². The second-order valence-electron chi connectivity index (χ2n) is 4.01. The number of carbonyl (C=O) groups excluding carboxylic acids is 1. The summed E-state index contributed by atoms with van der Waals surface area (Å²) >= 11 is 0. The van der Waals surface area contributed by atoms with Gasteiger partial charge in [-0.3, -0.25) is 4.79 Å². The van der Waals surface area contributed by atoms with Gasteiger partial charge in [0, 0.05) is 0 Å². The molecule has 0 bridgehead atoms. The Morgan fingerprint density at radius 3 is 2.61 bits per heavy atom. The maximum absolute atomic E-state index is 11.9. The molecule has 0 radical (unpaired) electrons. The van der Waals surface area contributed by atoms with Crippen LogP contribution >= 0.6 is 0 Å². The molecule has 8 nitrogen and oxygen atoms in total. The van der Waals surface area contributed by atoms with Gasteiger partial charge >= 0.3 is 29.6 Å². The van der Waals surface area contributed by atoms with Crippen LogP contribution < -0.4 is 39.7 Å². The van der Waals surface area contributed by atoms with Crippen molar-refractivity contribution in [2.75, 3.05) is 7.11 Å². The fraction of sp³-hybridized carbons (Fsp3) is 0.0769. The summed E-state index contributed by atoms with van der Waals surface area (Å²) in [5.41, 5.74) is 2.51. The van der Waals surface area contributed by atoms with E-state index < -0.39 is 21.1 Å². The predicted octanol–water partition coefficient (Wildman–Crippen LogP) is -2.04. The van der Waals surface area contributed by atoms with E-state index in [0.29, 0.717) is 5.75 Å². The Morgan fingerprint density at radius 2 is 2.00 bits per heavy atom. The molecule has 0 aliphatic rings. The number of hydrazone groups is 1. The molecule has 2 rings (SSSR count). The molecule has 23 heavy (non-hydrogen) atoms. The third-order valence-corrected chi connectivity index (χ3v) is 3.27. The average Bonchev–Trinajstić information content (AvgIpc) is 2.96. The van der Waals surface area contributed by atoms with Crippen LogP contribution in [0.3, 0.4) is 0 Å². The van der Waals surface area contributed by atoms with Crippen molar-refractivity contribution in [2.45, 2.75) is 5.09 Å². The zero-order valence-electron chi connectivity index (χ0n) is 12.3. The van der Waals surface area contributed by atoms with Crippen molar-refractivity contribution in [3.8, 4) is 5.75 Å². The van der Waals surface area contributed by atoms with Crippen LogP contribution in [-0.2, 0) is 10.1 Å². The molecule has 1 aromatic heterocycles. The van der Waals surface area contributed by atoms with E-state index in [4.69, 9.17) is 9.15 Å². The number of carbonyl (C=O) groups is 1. The molecule has 0 aliphatic heterocycles. The summed E-state index contributed by atoms with van der Waals surface area (Å²) in [7, 11) is -3.22. The first kappa shape index (κ1) is 19.4. The number of hydrogen-bond donors (Lipinski definition) is 1. The van der Waals surface area contributed by atoms with Gasteiger partial charge in [-0.05, 0) is 24.3 Å². The van der Waals surface area contributed by atoms with Gasteiger partial charge in [0.15, 0.2) is 10.1 Å². The van der Waals surface area contributed by atoms with E-state index in [9.17, 15) is 17.8 Å². The monoisotopic (exact) mass is 346 g/mol. The second kappa shape index (κ2) is 8.27. The molecule has 0 fully saturated rings. The minimum absolute atomic E-state index is 0. The maximum Gasteiger partial charge on any atom is 1.00 e. The van der Waals surface area contributed by atoms with E-state index in [1.807, 2.05) is 0 Å². The second-order valence-corrected chi connectivity index (χ2v) is 5.32. The molecule has 116 valence electrons. The van der Waals surface area contributed by atoms with Crippen LogP contribution in [0.1, 0.15) is 16.1 Å². The normalized spacial score (nSPS) is 11.0. The zero-order chi connectivity index (χ0) is 16.2. The van der Waals surface area contributed by atoms with Crippen LogP contribution in [0.25, 0.3) is 0 Å². The Bertz CT molecular complexity index is 815. The van der Waals surface area contributed by atoms with Crippen molar-refractivity contribution in [3.63, 3.8) is 0 Å². The molecule has 0 unspecified atom stereocenters. The molecule has 0 saturated carbocycles. The molecule has 0 aliphatic carbocycles. The van der Waals surface area contributed by atoms with Gasteiger partial charge in [0.1, 0.15) is 11.5 Å². The molecule has 1 aromatic carbocycles. The third-order valence-electron chi connectivity index (χ3n) is 2.56. The van der Waals surface area contributed by atoms with Crippen molar-refractivity contribution in [2.24, 2.45) is 5.10 Å². The summed E-state index contributed by atoms with van der Waals surface area (Å²) in [5, 5.41) is 2.90. The molecule has 1 amide bonds. The number of hydrogen-bond acceptors (Lipinski definition) is 7. The molecule has 2 aromatic rings. The quantitative estimate of drug-likeness (QED) is 0.288. The molecule has 0 atom stereocenters. The first-order chi connectivity index (χ1) is 10.4. The minimum Gasteiger partial charge on any atom is -0.742 e. The molecule has 0 saturated heterocycles. The summed E-state index contributed by atoms with van der Waals surface area (Å²) < 4.78 is 41.9. The SMILES string of the molecule is COc1ccccc1C(=O)NN=Cc1ccc(S(=O)(=O)[O-])o1.[Na+]. The van der Waals surface area contributed by atoms with E-state index in [0.717, 1.165) is 12.3 Å². The van der Waals surface area contributed by atoms with Crippen LogP contribution in [-0.4, -0.2) is 32.2 Å². The smallest absolute Gasteiger partial charge is 0.742 e. The molecule has 1 heterocycles. The topological polar surface area (TPSA) is 121 Å². The van der Waals surface area contributed by atoms with Gasteiger partial charge in [-0.2, -0.15) is 5.10 Å². The summed E-state index contributed by atoms with van der Waals surface area (Å²) in [6.07, 6.45) is 1.07. The largest absolute Gasteiger partial charge is 1.00 e. The molecular weight excluding hydrogens is 335 g/mol. The van der Waals surface area contributed by atoms with Gasteiger partial charge in [0.25, 0.3) is 5.91 Å². The van der Waals surface area contributed by atoms with Crippen LogP contribution in [0.2, 0.25) is 0 Å². The number of ether oxygens (including phenoxy) is 1. The van der Waals surface area contributed by atoms with E-state index in [-0.39, 0.29) is 40.9 Å². The molecule has 1 N–H and O–H groups in total. The van der Waals surface area contributed by atoms with Crippen molar-refractivity contribution in [3.05, 3.63) is 47.7 Å². The van der Waals surface area contributed by atoms with Crippen molar-refractivity contribution < 1.29 is 56.5 Å². The van der Waals surface area contributed by atoms with Gasteiger partial charge in [-0.15, -0.1) is 0 Å². The number of rotatable bonds is 5. The standard InChI is InChI=1S/C13H12N2O6S.Na/c1-20-11-5-3-2-4-10(11)13(16)15-14-8-9-6-7-12(21-9)22(17,18)19;/h2-8H,1H3,(H,15,16)(H,17,18,19);/q;+1/p-1. The number of furan rings is 1. The zero-order valence-corrected chi connectivity index (χ0v) is 15.2. The van der Waals surface area contributed by atoms with Crippen molar-refractivity contribution in [1.82, 2.24) is 5.43 Å². The number of nitrogens with one attached hydrogen (secondary N) is 1. The Kier molecular flexibility index (Phi) is 6.98. The number of benzene rings is 1. The molecule has 0 spiro atoms. The Balaban J connectivity index is 0.00000264. The summed E-state index contributed by atoms with van der Waals surface area (Å²) in [6, 6.07) is 8.80. The number of methoxy groups -OCH3 is 1. The van der Waals surface area contributed by atoms with Crippen LogP contribution in [0.15, 0.2) is 51.0 Å². The van der Waals surface area contributed by atoms with Gasteiger partial charge in [0.05, 0.1) is 18.9 Å². The van der Waals surface area contributed by atoms with Gasteiger partial charge in [-0.1, -0.05) is 12.1 Å². The Labute approximate surface area is 154 Å². The van der Waals surface area contributed by atoms with Gasteiger partial charge in [-0.25, -0.2) is 13.8 Å². The fourth-order valence-electron chi connectivity index (χ4n) is 1.59. The van der Waals surface area contributed by atoms with Crippen molar-refractivity contribution in [1.29, 1.82) is 0 Å². The van der Waals surface area contributed by atoms with E-state index in [1.165, 1.54) is 13.2 Å². The van der Waals surface area contributed by atoms with E-state index in [2.05, 4.69) is 10.5 Å². The maximum atomic E-state index is 11.9. The predicted molar refractivity (Wildman–Crippen MR) is 74.7 cm³/mol. The number of amides is 1. The number of nitrogens with zero attached hydrogens (tertiary/aromatic N) is 1. The van der Waals surface area contributed by atoms with E-state index in [1.54, 1.807) is 24.3 Å². The Morgan fingerprint density at radius 1 is 1.30 bits per heavy atom. The molecule has 10 heteroatoms. The first-order valence-corrected chi connectivity index (χ1v) is 7.35. The third kappa shape index (κ3) is 5.19. The van der Waals surface area contributed by atoms with Crippen LogP contribution in [0.4, 0.5) is 0 Å². The van der Waals surface area contributed by atoms with Gasteiger partial charge < -0.3 is 13.7 Å². The summed E-state index contributed by atoms with van der Waals surface area (Å²) in [5.74, 6) is -0.125. The fourth-order valence-corrected chi connectivity index (χ4v) is 2.02. The molecular formula is C13H11N2NaO6S. The Hall–Kier alpha value is -1.65. The van der Waals surface area contributed by atoms with Crippen LogP contribution in [0, 0.1) is 0 Å². The van der Waals surface area contributed by atoms with E-state index >= 15 is 0 Å². The van der Waals surface area contributed by atoms with Crippen LogP contribution in [0.5, 0.6) is 5.75 Å². The summed E-state index contributed by atoms with van der Waals surface area (Å²) in [4.78, 5) is 11.9. The minimum atomic E-state index is -4.66. The number of para-hydroxylation sites is 1. The summed E-state index contributed by atoms with van der Waals surface area (Å²) in [6.45, 7) is 0.